The van der Waals surface area contributed by atoms with Crippen molar-refractivity contribution in [1.82, 2.24) is 5.32 Å². The second-order valence-electron chi connectivity index (χ2n) is 4.29. The van der Waals surface area contributed by atoms with Crippen molar-refractivity contribution in [3.05, 3.63) is 29.3 Å². The Labute approximate surface area is 113 Å². The van der Waals surface area contributed by atoms with Gasteiger partial charge in [-0.2, -0.15) is 0 Å². The molecule has 1 rings (SSSR count). The third-order valence-corrected chi connectivity index (χ3v) is 2.97. The van der Waals surface area contributed by atoms with Crippen LogP contribution in [0.4, 0.5) is 0 Å². The van der Waals surface area contributed by atoms with E-state index in [2.05, 4.69) is 5.32 Å². The summed E-state index contributed by atoms with van der Waals surface area (Å²) in [6.07, 6.45) is 1.05. The van der Waals surface area contributed by atoms with E-state index in [9.17, 15) is 4.79 Å². The second kappa shape index (κ2) is 7.27. The summed E-state index contributed by atoms with van der Waals surface area (Å²) in [5, 5.41) is 3.52. The van der Waals surface area contributed by atoms with E-state index in [1.165, 1.54) is 0 Å². The second-order valence-corrected chi connectivity index (χ2v) is 4.73. The van der Waals surface area contributed by atoms with Gasteiger partial charge < -0.3 is 10.1 Å². The van der Waals surface area contributed by atoms with E-state index in [1.807, 2.05) is 20.8 Å². The number of hydrogen-bond acceptors (Lipinski definition) is 2. The van der Waals surface area contributed by atoms with Crippen LogP contribution in [-0.2, 0) is 4.79 Å². The Balaban J connectivity index is 2.64. The van der Waals surface area contributed by atoms with E-state index in [1.54, 1.807) is 24.3 Å². The lowest BCUT2D eigenvalue weighted by atomic mass is 10.2. The zero-order chi connectivity index (χ0) is 13.5. The van der Waals surface area contributed by atoms with Crippen molar-refractivity contribution in [3.63, 3.8) is 0 Å². The first-order chi connectivity index (χ1) is 8.56. The van der Waals surface area contributed by atoms with Gasteiger partial charge in [-0.25, -0.2) is 0 Å². The number of halogens is 1. The summed E-state index contributed by atoms with van der Waals surface area (Å²) in [4.78, 5) is 12.0. The number of hydrogen-bond donors (Lipinski definition) is 1. The number of ether oxygens (including phenoxy) is 1. The zero-order valence-corrected chi connectivity index (χ0v) is 11.8. The first-order valence-electron chi connectivity index (χ1n) is 6.29. The van der Waals surface area contributed by atoms with E-state index in [0.717, 1.165) is 6.42 Å². The van der Waals surface area contributed by atoms with Crippen molar-refractivity contribution in [2.45, 2.75) is 45.8 Å². The quantitative estimate of drug-likeness (QED) is 0.859. The van der Waals surface area contributed by atoms with Crippen LogP contribution >= 0.6 is 11.6 Å². The fraction of sp³-hybridized carbons (Fsp3) is 0.500. The first-order valence-corrected chi connectivity index (χ1v) is 6.67. The van der Waals surface area contributed by atoms with Gasteiger partial charge in [0.25, 0.3) is 5.91 Å². The number of carbonyl (C=O) groups excluding carboxylic acids is 1. The van der Waals surface area contributed by atoms with Crippen molar-refractivity contribution in [3.8, 4) is 5.75 Å². The van der Waals surface area contributed by atoms with Crippen LogP contribution in [0, 0.1) is 0 Å². The Bertz CT molecular complexity index is 395. The lowest BCUT2D eigenvalue weighted by Gasteiger charge is -2.19. The first kappa shape index (κ1) is 14.8. The van der Waals surface area contributed by atoms with Gasteiger partial charge in [0, 0.05) is 11.1 Å². The minimum Gasteiger partial charge on any atom is -0.481 e. The van der Waals surface area contributed by atoms with Gasteiger partial charge in [-0.1, -0.05) is 31.5 Å². The molecule has 0 bridgehead atoms. The predicted octanol–water partition coefficient (Wildman–Crippen LogP) is 3.41. The minimum absolute atomic E-state index is 0.0770. The Morgan fingerprint density at radius 1 is 1.39 bits per heavy atom. The molecule has 4 heteroatoms. The highest BCUT2D eigenvalue weighted by Gasteiger charge is 2.19. The van der Waals surface area contributed by atoms with Crippen molar-refractivity contribution in [2.24, 2.45) is 0 Å². The highest BCUT2D eigenvalue weighted by molar-refractivity contribution is 6.30. The van der Waals surface area contributed by atoms with Crippen LogP contribution in [0.3, 0.4) is 0 Å². The Morgan fingerprint density at radius 2 is 2.11 bits per heavy atom. The third-order valence-electron chi connectivity index (χ3n) is 2.74. The van der Waals surface area contributed by atoms with Crippen LogP contribution in [0.5, 0.6) is 5.75 Å². The monoisotopic (exact) mass is 269 g/mol. The molecule has 0 unspecified atom stereocenters. The van der Waals surface area contributed by atoms with Gasteiger partial charge in [0.15, 0.2) is 6.10 Å². The molecule has 0 radical (unpaired) electrons. The average molecular weight is 270 g/mol. The summed E-state index contributed by atoms with van der Waals surface area (Å²) in [5.74, 6) is 0.542. The summed E-state index contributed by atoms with van der Waals surface area (Å²) in [6, 6.07) is 7.24. The molecular weight excluding hydrogens is 250 g/mol. The van der Waals surface area contributed by atoms with Crippen molar-refractivity contribution in [1.29, 1.82) is 0 Å². The van der Waals surface area contributed by atoms with Crippen molar-refractivity contribution >= 4 is 17.5 Å². The highest BCUT2D eigenvalue weighted by atomic mass is 35.5. The fourth-order valence-electron chi connectivity index (χ4n) is 1.46. The number of benzene rings is 1. The molecule has 1 aromatic carbocycles. The smallest absolute Gasteiger partial charge is 0.261 e. The van der Waals surface area contributed by atoms with Crippen LogP contribution in [-0.4, -0.2) is 18.1 Å². The SMILES string of the molecule is CC[C@@H](C)NC(=O)[C@@H](CC)Oc1cccc(Cl)c1. The molecule has 0 aromatic heterocycles. The molecule has 0 saturated heterocycles. The lowest BCUT2D eigenvalue weighted by molar-refractivity contribution is -0.128. The molecule has 0 fully saturated rings. The maximum absolute atomic E-state index is 12.0. The van der Waals surface area contributed by atoms with Crippen molar-refractivity contribution < 1.29 is 9.53 Å². The van der Waals surface area contributed by atoms with E-state index >= 15 is 0 Å². The van der Waals surface area contributed by atoms with Crippen molar-refractivity contribution in [2.75, 3.05) is 0 Å². The molecule has 1 amide bonds. The maximum Gasteiger partial charge on any atom is 0.261 e. The van der Waals surface area contributed by atoms with E-state index in [0.29, 0.717) is 17.2 Å². The Morgan fingerprint density at radius 3 is 2.67 bits per heavy atom. The molecule has 1 aromatic rings. The molecule has 18 heavy (non-hydrogen) atoms. The molecule has 0 aliphatic rings. The molecule has 3 nitrogen and oxygen atoms in total. The molecule has 0 aliphatic carbocycles. The maximum atomic E-state index is 12.0. The lowest BCUT2D eigenvalue weighted by Crippen LogP contribution is -2.42. The molecule has 100 valence electrons. The number of rotatable bonds is 6. The molecule has 0 heterocycles. The standard InChI is InChI=1S/C14H20ClNO2/c1-4-10(3)16-14(17)13(5-2)18-12-8-6-7-11(15)9-12/h6-10,13H,4-5H2,1-3H3,(H,16,17)/t10-,13-/m1/s1. The van der Waals surface area contributed by atoms with Crippen LogP contribution in [0.15, 0.2) is 24.3 Å². The molecule has 0 saturated carbocycles. The normalized spacial score (nSPS) is 13.8. The van der Waals surface area contributed by atoms with Crippen LogP contribution in [0.2, 0.25) is 5.02 Å². The van der Waals surface area contributed by atoms with Gasteiger partial charge in [0.1, 0.15) is 5.75 Å². The average Bonchev–Trinajstić information content (AvgIpc) is 2.35. The molecule has 0 spiro atoms. The largest absolute Gasteiger partial charge is 0.481 e. The molecule has 0 aliphatic heterocycles. The number of amides is 1. The fourth-order valence-corrected chi connectivity index (χ4v) is 1.64. The third kappa shape index (κ3) is 4.57. The van der Waals surface area contributed by atoms with Crippen LogP contribution < -0.4 is 10.1 Å². The Hall–Kier alpha value is -1.22. The molecular formula is C14H20ClNO2. The van der Waals surface area contributed by atoms with Gasteiger partial charge in [-0.15, -0.1) is 0 Å². The number of carbonyl (C=O) groups is 1. The molecule has 1 N–H and O–H groups in total. The van der Waals surface area contributed by atoms with Gasteiger partial charge >= 0.3 is 0 Å². The van der Waals surface area contributed by atoms with Crippen LogP contribution in [0.1, 0.15) is 33.6 Å². The summed E-state index contributed by atoms with van der Waals surface area (Å²) in [7, 11) is 0. The topological polar surface area (TPSA) is 38.3 Å². The number of nitrogens with one attached hydrogen (secondary N) is 1. The van der Waals surface area contributed by atoms with Gasteiger partial charge in [0.2, 0.25) is 0 Å². The van der Waals surface area contributed by atoms with E-state index in [-0.39, 0.29) is 11.9 Å². The molecule has 2 atom stereocenters. The highest BCUT2D eigenvalue weighted by Crippen LogP contribution is 2.19. The summed E-state index contributed by atoms with van der Waals surface area (Å²) in [5.41, 5.74) is 0. The zero-order valence-electron chi connectivity index (χ0n) is 11.1. The van der Waals surface area contributed by atoms with E-state index < -0.39 is 6.10 Å². The summed E-state index contributed by atoms with van der Waals surface area (Å²) in [6.45, 7) is 5.93. The minimum atomic E-state index is -0.475. The van der Waals surface area contributed by atoms with Gasteiger partial charge in [0.05, 0.1) is 0 Å². The summed E-state index contributed by atoms with van der Waals surface area (Å²) >= 11 is 5.88. The summed E-state index contributed by atoms with van der Waals surface area (Å²) < 4.78 is 5.66. The van der Waals surface area contributed by atoms with Gasteiger partial charge in [-0.05, 0) is 38.0 Å². The Kier molecular flexibility index (Phi) is 5.99. The predicted molar refractivity (Wildman–Crippen MR) is 74.1 cm³/mol. The van der Waals surface area contributed by atoms with Gasteiger partial charge in [-0.3, -0.25) is 4.79 Å². The van der Waals surface area contributed by atoms with Crippen LogP contribution in [0.25, 0.3) is 0 Å². The van der Waals surface area contributed by atoms with E-state index in [4.69, 9.17) is 16.3 Å².